The standard InChI is InChI=1S/C16H14ClN5O.2ClH/c17-12-1-2-13-11(7-12)8-14(15(23)21-16(18)19)22(13)9-10-3-5-20-6-4-10;;/h1-8H,9H2,(H4,18,19,21,23);2*1H. The number of nitrogens with two attached hydrogens (primary N) is 2. The lowest BCUT2D eigenvalue weighted by Gasteiger charge is -2.09. The van der Waals surface area contributed by atoms with Crippen LogP contribution in [0, 0.1) is 0 Å². The van der Waals surface area contributed by atoms with Gasteiger partial charge in [-0.1, -0.05) is 11.6 Å². The minimum Gasteiger partial charge on any atom is -0.370 e. The number of benzene rings is 1. The smallest absolute Gasteiger partial charge is 0.296 e. The number of nitrogens with zero attached hydrogens (tertiary/aromatic N) is 3. The zero-order chi connectivity index (χ0) is 16.4. The third kappa shape index (κ3) is 4.63. The Morgan fingerprint density at radius 3 is 2.44 bits per heavy atom. The van der Waals surface area contributed by atoms with Gasteiger partial charge in [-0.05, 0) is 42.0 Å². The van der Waals surface area contributed by atoms with Crippen molar-refractivity contribution in [1.82, 2.24) is 9.55 Å². The maximum atomic E-state index is 12.3. The third-order valence-electron chi connectivity index (χ3n) is 3.40. The first kappa shape index (κ1) is 20.8. The number of aliphatic imine (C=N–C) groups is 1. The van der Waals surface area contributed by atoms with Crippen LogP contribution >= 0.6 is 36.4 Å². The average Bonchev–Trinajstić information content (AvgIpc) is 2.85. The highest BCUT2D eigenvalue weighted by atomic mass is 35.5. The summed E-state index contributed by atoms with van der Waals surface area (Å²) in [5.74, 6) is -0.764. The van der Waals surface area contributed by atoms with Crippen LogP contribution in [-0.4, -0.2) is 21.4 Å². The Labute approximate surface area is 161 Å². The Hall–Kier alpha value is -2.28. The molecule has 1 aromatic carbocycles. The molecule has 0 aliphatic rings. The van der Waals surface area contributed by atoms with E-state index in [0.29, 0.717) is 17.3 Å². The van der Waals surface area contributed by atoms with Crippen LogP contribution in [-0.2, 0) is 6.54 Å². The highest BCUT2D eigenvalue weighted by Crippen LogP contribution is 2.25. The second-order valence-corrected chi connectivity index (χ2v) is 5.45. The predicted octanol–water partition coefficient (Wildman–Crippen LogP) is 3.00. The monoisotopic (exact) mass is 399 g/mol. The van der Waals surface area contributed by atoms with Gasteiger partial charge in [0.2, 0.25) is 0 Å². The van der Waals surface area contributed by atoms with Gasteiger partial charge < -0.3 is 16.0 Å². The molecule has 0 aliphatic carbocycles. The van der Waals surface area contributed by atoms with Crippen molar-refractivity contribution in [3.05, 3.63) is 65.1 Å². The van der Waals surface area contributed by atoms with Crippen LogP contribution < -0.4 is 11.5 Å². The molecule has 0 spiro atoms. The number of carbonyl (C=O) groups is 1. The van der Waals surface area contributed by atoms with Crippen molar-refractivity contribution in [1.29, 1.82) is 0 Å². The zero-order valence-corrected chi connectivity index (χ0v) is 15.3. The van der Waals surface area contributed by atoms with Crippen LogP contribution in [0.25, 0.3) is 10.9 Å². The number of carbonyl (C=O) groups excluding carboxylic acids is 1. The molecule has 9 heteroatoms. The van der Waals surface area contributed by atoms with Crippen LogP contribution in [0.15, 0.2) is 53.8 Å². The van der Waals surface area contributed by atoms with Crippen molar-refractivity contribution < 1.29 is 4.79 Å². The Kier molecular flexibility index (Phi) is 7.23. The highest BCUT2D eigenvalue weighted by molar-refractivity contribution is 6.31. The molecule has 2 aromatic heterocycles. The van der Waals surface area contributed by atoms with Crippen LogP contribution in [0.3, 0.4) is 0 Å². The van der Waals surface area contributed by atoms with Gasteiger partial charge in [0.25, 0.3) is 5.91 Å². The van der Waals surface area contributed by atoms with Gasteiger partial charge in [-0.25, -0.2) is 0 Å². The molecule has 0 saturated carbocycles. The number of fused-ring (bicyclic) bond motifs is 1. The first-order valence-corrected chi connectivity index (χ1v) is 7.24. The number of halogens is 3. The molecular weight excluding hydrogens is 385 g/mol. The van der Waals surface area contributed by atoms with Crippen molar-refractivity contribution >= 4 is 59.2 Å². The Morgan fingerprint density at radius 1 is 1.12 bits per heavy atom. The van der Waals surface area contributed by atoms with Crippen LogP contribution in [0.4, 0.5) is 0 Å². The van der Waals surface area contributed by atoms with Gasteiger partial charge in [0, 0.05) is 34.9 Å². The summed E-state index contributed by atoms with van der Waals surface area (Å²) in [6.07, 6.45) is 3.41. The lowest BCUT2D eigenvalue weighted by atomic mass is 10.2. The van der Waals surface area contributed by atoms with E-state index in [1.54, 1.807) is 30.6 Å². The van der Waals surface area contributed by atoms with Gasteiger partial charge >= 0.3 is 0 Å². The number of rotatable bonds is 3. The lowest BCUT2D eigenvalue weighted by Crippen LogP contribution is -2.24. The topological polar surface area (TPSA) is 99.3 Å². The largest absolute Gasteiger partial charge is 0.370 e. The maximum Gasteiger partial charge on any atom is 0.296 e. The van der Waals surface area contributed by atoms with E-state index >= 15 is 0 Å². The number of hydrogen-bond donors (Lipinski definition) is 2. The second-order valence-electron chi connectivity index (χ2n) is 5.02. The molecule has 6 nitrogen and oxygen atoms in total. The molecule has 3 aromatic rings. The Morgan fingerprint density at radius 2 is 1.80 bits per heavy atom. The first-order chi connectivity index (χ1) is 11.0. The van der Waals surface area contributed by atoms with Gasteiger partial charge in [-0.3, -0.25) is 9.78 Å². The number of pyridine rings is 1. The molecule has 25 heavy (non-hydrogen) atoms. The average molecular weight is 401 g/mol. The van der Waals surface area contributed by atoms with Crippen molar-refractivity contribution in [2.45, 2.75) is 6.54 Å². The molecule has 3 rings (SSSR count). The zero-order valence-electron chi connectivity index (χ0n) is 12.9. The summed E-state index contributed by atoms with van der Waals surface area (Å²) in [6, 6.07) is 10.9. The van der Waals surface area contributed by atoms with Crippen molar-refractivity contribution in [2.24, 2.45) is 16.5 Å². The van der Waals surface area contributed by atoms with Gasteiger partial charge in [0.1, 0.15) is 5.69 Å². The molecule has 2 heterocycles. The Bertz CT molecular complexity index is 905. The van der Waals surface area contributed by atoms with E-state index in [1.807, 2.05) is 22.8 Å². The number of guanidine groups is 1. The van der Waals surface area contributed by atoms with Gasteiger partial charge in [0.05, 0.1) is 0 Å². The highest BCUT2D eigenvalue weighted by Gasteiger charge is 2.16. The number of aromatic nitrogens is 2. The Balaban J connectivity index is 0.00000156. The van der Waals surface area contributed by atoms with E-state index in [4.69, 9.17) is 23.1 Å². The van der Waals surface area contributed by atoms with E-state index in [9.17, 15) is 4.79 Å². The van der Waals surface area contributed by atoms with Crippen LogP contribution in [0.5, 0.6) is 0 Å². The molecule has 132 valence electrons. The minimum absolute atomic E-state index is 0. The minimum atomic E-state index is -0.494. The molecule has 0 radical (unpaired) electrons. The summed E-state index contributed by atoms with van der Waals surface area (Å²) in [6.45, 7) is 0.495. The van der Waals surface area contributed by atoms with Gasteiger partial charge in [-0.2, -0.15) is 4.99 Å². The molecule has 0 saturated heterocycles. The van der Waals surface area contributed by atoms with Crippen molar-refractivity contribution in [2.75, 3.05) is 0 Å². The molecule has 0 bridgehead atoms. The number of hydrogen-bond acceptors (Lipinski definition) is 2. The quantitative estimate of drug-likeness (QED) is 0.521. The summed E-state index contributed by atoms with van der Waals surface area (Å²) in [5, 5.41) is 1.44. The normalized spacial score (nSPS) is 9.80. The van der Waals surface area contributed by atoms with Crippen LogP contribution in [0.2, 0.25) is 5.02 Å². The molecule has 1 amide bonds. The molecule has 0 fully saturated rings. The summed E-state index contributed by atoms with van der Waals surface area (Å²) < 4.78 is 1.86. The molecule has 0 aliphatic heterocycles. The van der Waals surface area contributed by atoms with E-state index in [-0.39, 0.29) is 30.8 Å². The summed E-state index contributed by atoms with van der Waals surface area (Å²) in [7, 11) is 0. The number of amides is 1. The first-order valence-electron chi connectivity index (χ1n) is 6.86. The predicted molar refractivity (Wildman–Crippen MR) is 105 cm³/mol. The molecule has 0 unspecified atom stereocenters. The van der Waals surface area contributed by atoms with Crippen molar-refractivity contribution in [3.8, 4) is 0 Å². The molecule has 4 N–H and O–H groups in total. The fourth-order valence-corrected chi connectivity index (χ4v) is 2.62. The fraction of sp³-hybridized carbons (Fsp3) is 0.0625. The molecule has 0 atom stereocenters. The SMILES string of the molecule is Cl.Cl.NC(N)=NC(=O)c1cc2cc(Cl)ccc2n1Cc1ccncc1. The summed E-state index contributed by atoms with van der Waals surface area (Å²) in [4.78, 5) is 19.9. The van der Waals surface area contributed by atoms with Crippen molar-refractivity contribution in [3.63, 3.8) is 0 Å². The summed E-state index contributed by atoms with van der Waals surface area (Å²) in [5.41, 5.74) is 12.9. The lowest BCUT2D eigenvalue weighted by molar-refractivity contribution is 0.0995. The van der Waals surface area contributed by atoms with Gasteiger partial charge in [0.15, 0.2) is 5.96 Å². The maximum absolute atomic E-state index is 12.3. The van der Waals surface area contributed by atoms with Gasteiger partial charge in [-0.15, -0.1) is 24.8 Å². The van der Waals surface area contributed by atoms with E-state index in [0.717, 1.165) is 16.5 Å². The van der Waals surface area contributed by atoms with E-state index < -0.39 is 5.91 Å². The molecular formula is C16H16Cl3N5O. The summed E-state index contributed by atoms with van der Waals surface area (Å²) >= 11 is 6.03. The fourth-order valence-electron chi connectivity index (χ4n) is 2.43. The van der Waals surface area contributed by atoms with Crippen LogP contribution in [0.1, 0.15) is 16.1 Å². The van der Waals surface area contributed by atoms with E-state index in [2.05, 4.69) is 9.98 Å². The van der Waals surface area contributed by atoms with E-state index in [1.165, 1.54) is 0 Å². The third-order valence-corrected chi connectivity index (χ3v) is 3.64. The second kappa shape index (κ2) is 8.71.